The number of esters is 1. The fraction of sp³-hybridized carbons (Fsp3) is 0.842. The van der Waals surface area contributed by atoms with Crippen molar-refractivity contribution in [1.29, 1.82) is 0 Å². The molecular formula is C19H32F2N2O8. The van der Waals surface area contributed by atoms with E-state index >= 15 is 0 Å². The third-order valence-electron chi connectivity index (χ3n) is 5.06. The molecule has 1 aliphatic rings. The van der Waals surface area contributed by atoms with Gasteiger partial charge in [0.1, 0.15) is 24.9 Å². The molecule has 0 aromatic rings. The molecule has 1 saturated heterocycles. The highest BCUT2D eigenvalue weighted by Gasteiger charge is 2.62. The molecule has 0 saturated carbocycles. The first-order valence-corrected chi connectivity index (χ1v) is 10.2. The SMILES string of the molecule is CCCCCCCC(=O)OC[C@@H](O)[C@@H](O)C1O[C@@](F)(C(=O)O)C(F)C(N)C1NC(C)=O. The van der Waals surface area contributed by atoms with Crippen LogP contribution >= 0.6 is 0 Å². The van der Waals surface area contributed by atoms with E-state index in [1.807, 2.05) is 0 Å². The van der Waals surface area contributed by atoms with Gasteiger partial charge in [0.2, 0.25) is 5.91 Å². The number of hydrogen-bond donors (Lipinski definition) is 5. The Morgan fingerprint density at radius 3 is 2.39 bits per heavy atom. The molecule has 6 N–H and O–H groups in total. The Balaban J connectivity index is 2.78. The van der Waals surface area contributed by atoms with Crippen LogP contribution in [0.2, 0.25) is 0 Å². The van der Waals surface area contributed by atoms with E-state index in [4.69, 9.17) is 15.6 Å². The summed E-state index contributed by atoms with van der Waals surface area (Å²) in [6.45, 7) is 2.39. The average molecular weight is 454 g/mol. The van der Waals surface area contributed by atoms with Crippen LogP contribution in [0.15, 0.2) is 0 Å². The average Bonchev–Trinajstić information content (AvgIpc) is 2.71. The van der Waals surface area contributed by atoms with Crippen LogP contribution in [-0.2, 0) is 23.9 Å². The number of aliphatic hydroxyl groups excluding tert-OH is 2. The highest BCUT2D eigenvalue weighted by molar-refractivity contribution is 5.77. The zero-order valence-corrected chi connectivity index (χ0v) is 17.6. The number of carboxylic acid groups (broad SMARTS) is 1. The summed E-state index contributed by atoms with van der Waals surface area (Å²) in [7, 11) is 0. The summed E-state index contributed by atoms with van der Waals surface area (Å²) in [5.41, 5.74) is 5.57. The van der Waals surface area contributed by atoms with Gasteiger partial charge in [0, 0.05) is 13.3 Å². The van der Waals surface area contributed by atoms with Crippen molar-refractivity contribution in [2.24, 2.45) is 5.73 Å². The number of amides is 1. The molecule has 0 aromatic carbocycles. The number of unbranched alkanes of at least 4 members (excludes halogenated alkanes) is 4. The quantitative estimate of drug-likeness (QED) is 0.200. The molecule has 0 spiro atoms. The normalized spacial score (nSPS) is 30.3. The molecule has 31 heavy (non-hydrogen) atoms. The first kappa shape index (κ1) is 27.1. The maximum Gasteiger partial charge on any atom is 0.372 e. The van der Waals surface area contributed by atoms with Gasteiger partial charge in [0.15, 0.2) is 6.17 Å². The number of halogens is 2. The number of alkyl halides is 2. The van der Waals surface area contributed by atoms with E-state index in [9.17, 15) is 33.4 Å². The van der Waals surface area contributed by atoms with Gasteiger partial charge in [-0.05, 0) is 6.42 Å². The van der Waals surface area contributed by atoms with Gasteiger partial charge in [-0.15, -0.1) is 0 Å². The lowest BCUT2D eigenvalue weighted by molar-refractivity contribution is -0.276. The molecular weight excluding hydrogens is 422 g/mol. The molecule has 12 heteroatoms. The van der Waals surface area contributed by atoms with E-state index in [0.717, 1.165) is 32.6 Å². The maximum atomic E-state index is 14.6. The first-order valence-electron chi connectivity index (χ1n) is 10.2. The van der Waals surface area contributed by atoms with Gasteiger partial charge in [-0.1, -0.05) is 32.6 Å². The summed E-state index contributed by atoms with van der Waals surface area (Å²) >= 11 is 0. The van der Waals surface area contributed by atoms with Crippen LogP contribution in [0.3, 0.4) is 0 Å². The second-order valence-corrected chi connectivity index (χ2v) is 7.64. The Morgan fingerprint density at radius 1 is 1.23 bits per heavy atom. The van der Waals surface area contributed by atoms with Crippen molar-refractivity contribution >= 4 is 17.8 Å². The van der Waals surface area contributed by atoms with Crippen molar-refractivity contribution in [1.82, 2.24) is 5.32 Å². The molecule has 1 fully saturated rings. The third kappa shape index (κ3) is 7.34. The van der Waals surface area contributed by atoms with Crippen molar-refractivity contribution in [3.8, 4) is 0 Å². The van der Waals surface area contributed by atoms with Crippen LogP contribution in [0.25, 0.3) is 0 Å². The maximum absolute atomic E-state index is 14.6. The molecule has 0 radical (unpaired) electrons. The van der Waals surface area contributed by atoms with E-state index in [0.29, 0.717) is 6.42 Å². The van der Waals surface area contributed by atoms with Crippen LogP contribution in [-0.4, -0.2) is 82.2 Å². The molecule has 1 aliphatic heterocycles. The zero-order chi connectivity index (χ0) is 23.8. The fourth-order valence-corrected chi connectivity index (χ4v) is 3.29. The molecule has 0 bridgehead atoms. The Labute approximate surface area is 179 Å². The van der Waals surface area contributed by atoms with E-state index < -0.39 is 66.9 Å². The number of carbonyl (C=O) groups excluding carboxylic acids is 2. The van der Waals surface area contributed by atoms with Gasteiger partial charge in [-0.25, -0.2) is 9.18 Å². The van der Waals surface area contributed by atoms with Crippen molar-refractivity contribution in [3.05, 3.63) is 0 Å². The standard InChI is InChI=1S/C19H32F2N2O8/c1-3-4-5-6-7-8-12(26)30-9-11(25)15(27)16-14(23-10(2)24)13(22)17(20)19(21,31-16)18(28)29/h11,13-17,25,27H,3-9,22H2,1-2H3,(H,23,24)(H,28,29)/t11-,13?,14?,15-,16?,17?,19-/m1/s1. The number of hydrogen-bond acceptors (Lipinski definition) is 8. The minimum Gasteiger partial charge on any atom is -0.477 e. The van der Waals surface area contributed by atoms with Crippen LogP contribution in [0.5, 0.6) is 0 Å². The smallest absolute Gasteiger partial charge is 0.372 e. The third-order valence-corrected chi connectivity index (χ3v) is 5.06. The van der Waals surface area contributed by atoms with Gasteiger partial charge in [-0.3, -0.25) is 9.59 Å². The van der Waals surface area contributed by atoms with Crippen LogP contribution in [0, 0.1) is 0 Å². The van der Waals surface area contributed by atoms with Gasteiger partial charge in [-0.2, -0.15) is 4.39 Å². The summed E-state index contributed by atoms with van der Waals surface area (Å²) in [5, 5.41) is 31.7. The van der Waals surface area contributed by atoms with Gasteiger partial charge in [0.25, 0.3) is 0 Å². The first-order chi connectivity index (χ1) is 14.5. The Kier molecular flexibility index (Phi) is 10.7. The summed E-state index contributed by atoms with van der Waals surface area (Å²) < 4.78 is 38.4. The van der Waals surface area contributed by atoms with Crippen LogP contribution in [0.1, 0.15) is 52.4 Å². The molecule has 1 heterocycles. The van der Waals surface area contributed by atoms with Crippen molar-refractivity contribution in [2.45, 2.75) is 94.8 Å². The van der Waals surface area contributed by atoms with Crippen molar-refractivity contribution < 1.29 is 48.0 Å². The summed E-state index contributed by atoms with van der Waals surface area (Å²) in [6, 6.07) is -3.47. The molecule has 10 nitrogen and oxygen atoms in total. The minimum absolute atomic E-state index is 0.0992. The number of carbonyl (C=O) groups is 3. The topological polar surface area (TPSA) is 168 Å². The molecule has 4 unspecified atom stereocenters. The number of aliphatic carboxylic acids is 1. The lowest BCUT2D eigenvalue weighted by Crippen LogP contribution is -2.73. The Hall–Kier alpha value is -1.89. The highest BCUT2D eigenvalue weighted by Crippen LogP contribution is 2.35. The van der Waals surface area contributed by atoms with Crippen molar-refractivity contribution in [3.63, 3.8) is 0 Å². The molecule has 180 valence electrons. The molecule has 1 amide bonds. The summed E-state index contributed by atoms with van der Waals surface area (Å²) in [6.07, 6.45) is -4.11. The summed E-state index contributed by atoms with van der Waals surface area (Å²) in [5.74, 6) is -7.59. The van der Waals surface area contributed by atoms with E-state index in [2.05, 4.69) is 17.0 Å². The highest BCUT2D eigenvalue weighted by atomic mass is 19.2. The second-order valence-electron chi connectivity index (χ2n) is 7.64. The number of nitrogens with one attached hydrogen (secondary N) is 1. The molecule has 0 aliphatic carbocycles. The monoisotopic (exact) mass is 454 g/mol. The van der Waals surface area contributed by atoms with Gasteiger partial charge < -0.3 is 35.8 Å². The number of nitrogens with two attached hydrogens (primary N) is 1. The fourth-order valence-electron chi connectivity index (χ4n) is 3.29. The lowest BCUT2D eigenvalue weighted by Gasteiger charge is -2.45. The molecule has 1 rings (SSSR count). The van der Waals surface area contributed by atoms with E-state index in [-0.39, 0.29) is 6.42 Å². The van der Waals surface area contributed by atoms with E-state index in [1.54, 1.807) is 0 Å². The van der Waals surface area contributed by atoms with Crippen molar-refractivity contribution in [2.75, 3.05) is 6.61 Å². The van der Waals surface area contributed by atoms with Gasteiger partial charge >= 0.3 is 17.8 Å². The number of rotatable bonds is 12. The predicted molar refractivity (Wildman–Crippen MR) is 103 cm³/mol. The molecule has 7 atom stereocenters. The minimum atomic E-state index is -3.91. The zero-order valence-electron chi connectivity index (χ0n) is 17.6. The van der Waals surface area contributed by atoms with Crippen LogP contribution in [0.4, 0.5) is 8.78 Å². The molecule has 0 aromatic heterocycles. The number of aliphatic hydroxyl groups is 2. The Morgan fingerprint density at radius 2 is 1.84 bits per heavy atom. The van der Waals surface area contributed by atoms with Gasteiger partial charge in [0.05, 0.1) is 12.1 Å². The summed E-state index contributed by atoms with van der Waals surface area (Å²) in [4.78, 5) is 34.4. The van der Waals surface area contributed by atoms with Crippen LogP contribution < -0.4 is 11.1 Å². The second kappa shape index (κ2) is 12.2. The number of ether oxygens (including phenoxy) is 2. The lowest BCUT2D eigenvalue weighted by atomic mass is 9.86. The predicted octanol–water partition coefficient (Wildman–Crippen LogP) is -0.0688. The van der Waals surface area contributed by atoms with E-state index in [1.165, 1.54) is 0 Å². The largest absolute Gasteiger partial charge is 0.477 e. The number of carboxylic acids is 1. The Bertz CT molecular complexity index is 626.